The van der Waals surface area contributed by atoms with E-state index < -0.39 is 11.4 Å². The van der Waals surface area contributed by atoms with Gasteiger partial charge in [0.2, 0.25) is 0 Å². The normalized spacial score (nSPS) is 11.2. The average Bonchev–Trinajstić information content (AvgIpc) is 2.40. The zero-order chi connectivity index (χ0) is 15.5. The molecule has 0 unspecified atom stereocenters. The smallest absolute Gasteiger partial charge is 0.321 e. The second-order valence-corrected chi connectivity index (χ2v) is 5.85. The van der Waals surface area contributed by atoms with E-state index in [1.54, 1.807) is 12.1 Å². The molecule has 1 aromatic carbocycles. The fourth-order valence-electron chi connectivity index (χ4n) is 1.48. The van der Waals surface area contributed by atoms with Gasteiger partial charge in [0.15, 0.2) is 0 Å². The quantitative estimate of drug-likeness (QED) is 0.788. The molecule has 0 saturated carbocycles. The third-order valence-corrected chi connectivity index (χ3v) is 3.70. The van der Waals surface area contributed by atoms with Crippen molar-refractivity contribution < 1.29 is 18.0 Å². The summed E-state index contributed by atoms with van der Waals surface area (Å²) >= 11 is 3.00. The minimum absolute atomic E-state index is 0.0551. The summed E-state index contributed by atoms with van der Waals surface area (Å²) < 4.78 is 37.1. The molecule has 1 N–H and O–H groups in total. The van der Waals surface area contributed by atoms with Crippen LogP contribution in [-0.2, 0) is 0 Å². The molecule has 3 nitrogen and oxygen atoms in total. The van der Waals surface area contributed by atoms with Gasteiger partial charge in [0.1, 0.15) is 5.69 Å². The van der Waals surface area contributed by atoms with E-state index in [0.717, 1.165) is 0 Å². The van der Waals surface area contributed by atoms with Gasteiger partial charge in [0, 0.05) is 21.3 Å². The zero-order valence-electron chi connectivity index (χ0n) is 10.3. The molecule has 0 spiro atoms. The highest BCUT2D eigenvalue weighted by molar-refractivity contribution is 9.10. The van der Waals surface area contributed by atoms with Gasteiger partial charge in [-0.3, -0.25) is 4.79 Å². The van der Waals surface area contributed by atoms with Crippen molar-refractivity contribution in [2.24, 2.45) is 0 Å². The van der Waals surface area contributed by atoms with Crippen LogP contribution in [0.3, 0.4) is 0 Å². The van der Waals surface area contributed by atoms with Crippen molar-refractivity contribution in [2.45, 2.75) is 10.4 Å². The first-order valence-corrected chi connectivity index (χ1v) is 7.24. The summed E-state index contributed by atoms with van der Waals surface area (Å²) in [6, 6.07) is 8.74. The summed E-state index contributed by atoms with van der Waals surface area (Å²) in [5.41, 5.74) is -3.74. The van der Waals surface area contributed by atoms with E-state index in [-0.39, 0.29) is 22.4 Å². The van der Waals surface area contributed by atoms with Gasteiger partial charge >= 0.3 is 5.51 Å². The third kappa shape index (κ3) is 4.75. The Hall–Kier alpha value is -1.54. The van der Waals surface area contributed by atoms with Crippen LogP contribution in [-0.4, -0.2) is 16.4 Å². The van der Waals surface area contributed by atoms with Crippen LogP contribution in [0.4, 0.5) is 18.9 Å². The Balaban J connectivity index is 2.07. The summed E-state index contributed by atoms with van der Waals surface area (Å²) in [5, 5.41) is 2.57. The third-order valence-electron chi connectivity index (χ3n) is 2.32. The minimum Gasteiger partial charge on any atom is -0.321 e. The Morgan fingerprint density at radius 3 is 2.43 bits per heavy atom. The maximum absolute atomic E-state index is 12.2. The Morgan fingerprint density at radius 1 is 1.19 bits per heavy atom. The van der Waals surface area contributed by atoms with Gasteiger partial charge in [-0.1, -0.05) is 0 Å². The number of halogens is 4. The molecule has 0 aliphatic rings. The first kappa shape index (κ1) is 15.8. The zero-order valence-corrected chi connectivity index (χ0v) is 12.7. The summed E-state index contributed by atoms with van der Waals surface area (Å²) in [7, 11) is 0. The molecule has 8 heteroatoms. The van der Waals surface area contributed by atoms with E-state index in [9.17, 15) is 18.0 Å². The summed E-state index contributed by atoms with van der Waals surface area (Å²) in [5.74, 6) is -0.446. The molecule has 1 aromatic heterocycles. The molecular formula is C13H8BrF3N2OS. The number of nitrogens with one attached hydrogen (secondary N) is 1. The highest BCUT2D eigenvalue weighted by Crippen LogP contribution is 2.37. The van der Waals surface area contributed by atoms with Gasteiger partial charge < -0.3 is 5.32 Å². The fraction of sp³-hybridized carbons (Fsp3) is 0.0769. The van der Waals surface area contributed by atoms with Crippen molar-refractivity contribution in [1.29, 1.82) is 0 Å². The number of carbonyl (C=O) groups is 1. The van der Waals surface area contributed by atoms with Crippen LogP contribution in [0.5, 0.6) is 0 Å². The van der Waals surface area contributed by atoms with Crippen LogP contribution in [0.2, 0.25) is 0 Å². The summed E-state index contributed by atoms with van der Waals surface area (Å²) in [6.45, 7) is 0. The lowest BCUT2D eigenvalue weighted by molar-refractivity contribution is -0.0328. The molecule has 0 saturated heterocycles. The van der Waals surface area contributed by atoms with Crippen molar-refractivity contribution in [3.63, 3.8) is 0 Å². The number of pyridine rings is 1. The maximum Gasteiger partial charge on any atom is 0.446 e. The largest absolute Gasteiger partial charge is 0.446 e. The standard InChI is InChI=1S/C13H8BrF3N2OS/c14-10-2-1-7-18-11(10)12(20)19-8-3-5-9(6-4-8)21-13(15,16)17/h1-7H,(H,19,20). The molecule has 0 radical (unpaired) electrons. The molecule has 2 rings (SSSR count). The van der Waals surface area contributed by atoms with Crippen molar-refractivity contribution >= 4 is 39.3 Å². The molecule has 0 bridgehead atoms. The number of alkyl halides is 3. The molecule has 1 heterocycles. The van der Waals surface area contributed by atoms with Crippen LogP contribution in [0.15, 0.2) is 52.0 Å². The number of thioether (sulfide) groups is 1. The van der Waals surface area contributed by atoms with E-state index in [4.69, 9.17) is 0 Å². The van der Waals surface area contributed by atoms with Gasteiger partial charge in [-0.25, -0.2) is 4.98 Å². The first-order chi connectivity index (χ1) is 9.85. The second kappa shape index (κ2) is 6.48. The number of benzene rings is 1. The van der Waals surface area contributed by atoms with Crippen molar-refractivity contribution in [2.75, 3.05) is 5.32 Å². The lowest BCUT2D eigenvalue weighted by Crippen LogP contribution is -2.14. The van der Waals surface area contributed by atoms with Gasteiger partial charge in [0.25, 0.3) is 5.91 Å². The van der Waals surface area contributed by atoms with E-state index >= 15 is 0 Å². The van der Waals surface area contributed by atoms with Crippen molar-refractivity contribution in [3.05, 3.63) is 52.8 Å². The number of carbonyl (C=O) groups excluding carboxylic acids is 1. The highest BCUT2D eigenvalue weighted by Gasteiger charge is 2.29. The van der Waals surface area contributed by atoms with Crippen LogP contribution in [0.1, 0.15) is 10.5 Å². The van der Waals surface area contributed by atoms with E-state index in [1.807, 2.05) is 0 Å². The second-order valence-electron chi connectivity index (χ2n) is 3.86. The number of hydrogen-bond donors (Lipinski definition) is 1. The van der Waals surface area contributed by atoms with Gasteiger partial charge in [-0.2, -0.15) is 13.2 Å². The SMILES string of the molecule is O=C(Nc1ccc(SC(F)(F)F)cc1)c1ncccc1Br. The van der Waals surface area contributed by atoms with Crippen LogP contribution < -0.4 is 5.32 Å². The molecule has 0 fully saturated rings. The number of nitrogens with zero attached hydrogens (tertiary/aromatic N) is 1. The van der Waals surface area contributed by atoms with Crippen LogP contribution in [0.25, 0.3) is 0 Å². The predicted octanol–water partition coefficient (Wildman–Crippen LogP) is 4.71. The molecule has 110 valence electrons. The molecule has 1 amide bonds. The van der Waals surface area contributed by atoms with E-state index in [2.05, 4.69) is 26.2 Å². The molecular weight excluding hydrogens is 369 g/mol. The van der Waals surface area contributed by atoms with E-state index in [0.29, 0.717) is 10.2 Å². The molecule has 0 aliphatic carbocycles. The molecule has 0 atom stereocenters. The number of rotatable bonds is 3. The lowest BCUT2D eigenvalue weighted by atomic mass is 10.3. The number of amides is 1. The number of hydrogen-bond acceptors (Lipinski definition) is 3. The number of anilines is 1. The highest BCUT2D eigenvalue weighted by atomic mass is 79.9. The molecule has 21 heavy (non-hydrogen) atoms. The minimum atomic E-state index is -4.33. The Kier molecular flexibility index (Phi) is 4.89. The topological polar surface area (TPSA) is 42.0 Å². The Bertz CT molecular complexity index is 647. The first-order valence-electron chi connectivity index (χ1n) is 5.63. The van der Waals surface area contributed by atoms with Crippen molar-refractivity contribution in [3.8, 4) is 0 Å². The predicted molar refractivity (Wildman–Crippen MR) is 78.2 cm³/mol. The van der Waals surface area contributed by atoms with Gasteiger partial charge in [-0.05, 0) is 64.1 Å². The Labute approximate surface area is 131 Å². The average molecular weight is 377 g/mol. The fourth-order valence-corrected chi connectivity index (χ4v) is 2.46. The van der Waals surface area contributed by atoms with Crippen molar-refractivity contribution in [1.82, 2.24) is 4.98 Å². The summed E-state index contributed by atoms with van der Waals surface area (Å²) in [4.78, 5) is 15.9. The molecule has 2 aromatic rings. The van der Waals surface area contributed by atoms with Crippen LogP contribution >= 0.6 is 27.7 Å². The lowest BCUT2D eigenvalue weighted by Gasteiger charge is -2.08. The van der Waals surface area contributed by atoms with Gasteiger partial charge in [-0.15, -0.1) is 0 Å². The summed E-state index contributed by atoms with van der Waals surface area (Å²) in [6.07, 6.45) is 1.47. The van der Waals surface area contributed by atoms with E-state index in [1.165, 1.54) is 30.5 Å². The number of aromatic nitrogens is 1. The maximum atomic E-state index is 12.2. The van der Waals surface area contributed by atoms with Gasteiger partial charge in [0.05, 0.1) is 0 Å². The Morgan fingerprint density at radius 2 is 1.86 bits per heavy atom. The van der Waals surface area contributed by atoms with Crippen LogP contribution in [0, 0.1) is 0 Å². The molecule has 0 aliphatic heterocycles. The monoisotopic (exact) mass is 376 g/mol.